The maximum absolute atomic E-state index is 13.8. The highest BCUT2D eigenvalue weighted by atomic mass is 19.1. The van der Waals surface area contributed by atoms with Gasteiger partial charge in [-0.3, -0.25) is 0 Å². The molecular weight excluding hydrogens is 247 g/mol. The quantitative estimate of drug-likeness (QED) is 0.918. The van der Waals surface area contributed by atoms with E-state index in [0.717, 1.165) is 17.4 Å². The van der Waals surface area contributed by atoms with Crippen molar-refractivity contribution < 1.29 is 19.0 Å². The van der Waals surface area contributed by atoms with Gasteiger partial charge in [-0.2, -0.15) is 0 Å². The first-order valence-corrected chi connectivity index (χ1v) is 5.75. The molecule has 0 atom stereocenters. The lowest BCUT2D eigenvalue weighted by Crippen LogP contribution is -2.00. The Kier molecular flexibility index (Phi) is 3.80. The highest BCUT2D eigenvalue weighted by Gasteiger charge is 2.08. The van der Waals surface area contributed by atoms with Crippen molar-refractivity contribution in [3.05, 3.63) is 65.0 Å². The number of hydrogen-bond acceptors (Lipinski definition) is 2. The van der Waals surface area contributed by atoms with Crippen molar-refractivity contribution in [2.24, 2.45) is 0 Å². The predicted octanol–water partition coefficient (Wildman–Crippen LogP) is 3.12. The second kappa shape index (κ2) is 5.52. The Morgan fingerprint density at radius 1 is 1.21 bits per heavy atom. The summed E-state index contributed by atoms with van der Waals surface area (Å²) < 4.78 is 18.8. The number of rotatable bonds is 4. The Morgan fingerprint density at radius 2 is 1.89 bits per heavy atom. The predicted molar refractivity (Wildman–Crippen MR) is 69.2 cm³/mol. The minimum atomic E-state index is -1.13. The summed E-state index contributed by atoms with van der Waals surface area (Å²) in [6.45, 7) is 0. The van der Waals surface area contributed by atoms with Gasteiger partial charge in [0, 0.05) is 6.42 Å². The Hall–Kier alpha value is -2.36. The van der Waals surface area contributed by atoms with E-state index in [2.05, 4.69) is 0 Å². The van der Waals surface area contributed by atoms with E-state index < -0.39 is 11.8 Å². The van der Waals surface area contributed by atoms with Crippen LogP contribution in [0.2, 0.25) is 0 Å². The molecule has 0 heterocycles. The van der Waals surface area contributed by atoms with Gasteiger partial charge in [0.2, 0.25) is 0 Å². The van der Waals surface area contributed by atoms with Gasteiger partial charge in [-0.1, -0.05) is 18.2 Å². The number of carbonyl (C=O) groups is 1. The standard InChI is InChI=1S/C15H13FO3/c1-19-13-6-2-10(3-7-13)8-11-4-5-12(15(17)18)9-14(11)16/h2-7,9H,8H2,1H3,(H,17,18). The third kappa shape index (κ3) is 3.10. The molecule has 3 nitrogen and oxygen atoms in total. The van der Waals surface area contributed by atoms with E-state index in [4.69, 9.17) is 9.84 Å². The number of carboxylic acid groups (broad SMARTS) is 1. The van der Waals surface area contributed by atoms with E-state index in [1.165, 1.54) is 12.1 Å². The molecule has 0 unspecified atom stereocenters. The van der Waals surface area contributed by atoms with Crippen LogP contribution in [0.4, 0.5) is 4.39 Å². The fourth-order valence-electron chi connectivity index (χ4n) is 1.79. The first-order chi connectivity index (χ1) is 9.10. The molecule has 2 rings (SSSR count). The summed E-state index contributed by atoms with van der Waals surface area (Å²) >= 11 is 0. The molecule has 0 amide bonds. The third-order valence-corrected chi connectivity index (χ3v) is 2.85. The number of hydrogen-bond donors (Lipinski definition) is 1. The van der Waals surface area contributed by atoms with E-state index in [1.807, 2.05) is 12.1 Å². The summed E-state index contributed by atoms with van der Waals surface area (Å²) in [5.74, 6) is -0.893. The maximum atomic E-state index is 13.8. The number of benzene rings is 2. The van der Waals surface area contributed by atoms with Gasteiger partial charge in [0.25, 0.3) is 0 Å². The number of ether oxygens (including phenoxy) is 1. The average molecular weight is 260 g/mol. The number of aromatic carboxylic acids is 1. The summed E-state index contributed by atoms with van der Waals surface area (Å²) in [5.41, 5.74) is 1.36. The van der Waals surface area contributed by atoms with Gasteiger partial charge in [-0.25, -0.2) is 9.18 Å². The zero-order chi connectivity index (χ0) is 13.8. The number of halogens is 1. The van der Waals surface area contributed by atoms with Crippen LogP contribution in [0.5, 0.6) is 5.75 Å². The van der Waals surface area contributed by atoms with Crippen LogP contribution in [0.25, 0.3) is 0 Å². The minimum absolute atomic E-state index is 0.0454. The normalized spacial score (nSPS) is 10.2. The Morgan fingerprint density at radius 3 is 2.42 bits per heavy atom. The molecule has 4 heteroatoms. The summed E-state index contributed by atoms with van der Waals surface area (Å²) in [5, 5.41) is 8.77. The molecule has 1 N–H and O–H groups in total. The van der Waals surface area contributed by atoms with E-state index >= 15 is 0 Å². The molecule has 0 radical (unpaired) electrons. The van der Waals surface area contributed by atoms with Gasteiger partial charge in [0.05, 0.1) is 12.7 Å². The molecule has 0 spiro atoms. The fraction of sp³-hybridized carbons (Fsp3) is 0.133. The number of carboxylic acids is 1. The highest BCUT2D eigenvalue weighted by molar-refractivity contribution is 5.87. The fourth-order valence-corrected chi connectivity index (χ4v) is 1.79. The van der Waals surface area contributed by atoms with E-state index in [-0.39, 0.29) is 5.56 Å². The molecule has 0 saturated carbocycles. The zero-order valence-electron chi connectivity index (χ0n) is 10.4. The molecular formula is C15H13FO3. The molecule has 19 heavy (non-hydrogen) atoms. The van der Waals surface area contributed by atoms with E-state index in [1.54, 1.807) is 19.2 Å². The molecule has 0 aliphatic heterocycles. The van der Waals surface area contributed by atoms with Crippen LogP contribution in [0.15, 0.2) is 42.5 Å². The van der Waals surface area contributed by atoms with Crippen molar-refractivity contribution in [3.63, 3.8) is 0 Å². The summed E-state index contributed by atoms with van der Waals surface area (Å²) in [6.07, 6.45) is 0.412. The smallest absolute Gasteiger partial charge is 0.335 e. The zero-order valence-corrected chi connectivity index (χ0v) is 10.4. The lowest BCUT2D eigenvalue weighted by Gasteiger charge is -2.06. The van der Waals surface area contributed by atoms with Crippen molar-refractivity contribution >= 4 is 5.97 Å². The highest BCUT2D eigenvalue weighted by Crippen LogP contribution is 2.17. The van der Waals surface area contributed by atoms with Crippen LogP contribution in [-0.2, 0) is 6.42 Å². The van der Waals surface area contributed by atoms with Crippen LogP contribution in [0, 0.1) is 5.82 Å². The van der Waals surface area contributed by atoms with Crippen LogP contribution < -0.4 is 4.74 Å². The number of methoxy groups -OCH3 is 1. The second-order valence-electron chi connectivity index (χ2n) is 4.14. The second-order valence-corrected chi connectivity index (χ2v) is 4.14. The SMILES string of the molecule is COc1ccc(Cc2ccc(C(=O)O)cc2F)cc1. The van der Waals surface area contributed by atoms with Crippen LogP contribution in [0.3, 0.4) is 0 Å². The molecule has 0 aliphatic carbocycles. The van der Waals surface area contributed by atoms with Gasteiger partial charge >= 0.3 is 5.97 Å². The van der Waals surface area contributed by atoms with Gasteiger partial charge < -0.3 is 9.84 Å². The van der Waals surface area contributed by atoms with E-state index in [0.29, 0.717) is 12.0 Å². The molecule has 98 valence electrons. The summed E-state index contributed by atoms with van der Waals surface area (Å²) in [7, 11) is 1.58. The summed E-state index contributed by atoms with van der Waals surface area (Å²) in [4.78, 5) is 10.7. The van der Waals surface area contributed by atoms with E-state index in [9.17, 15) is 9.18 Å². The average Bonchev–Trinajstić information content (AvgIpc) is 2.41. The molecule has 0 fully saturated rings. The van der Waals surface area contributed by atoms with Gasteiger partial charge in [-0.15, -0.1) is 0 Å². The van der Waals surface area contributed by atoms with Crippen LogP contribution in [-0.4, -0.2) is 18.2 Å². The maximum Gasteiger partial charge on any atom is 0.335 e. The lowest BCUT2D eigenvalue weighted by molar-refractivity contribution is 0.0696. The van der Waals surface area contributed by atoms with Gasteiger partial charge in [0.1, 0.15) is 11.6 Å². The molecule has 2 aromatic rings. The Labute approximate surface area is 110 Å². The van der Waals surface area contributed by atoms with Crippen molar-refractivity contribution in [1.29, 1.82) is 0 Å². The summed E-state index contributed by atoms with van der Waals surface area (Å²) in [6, 6.07) is 11.3. The molecule has 0 aromatic heterocycles. The monoisotopic (exact) mass is 260 g/mol. The first-order valence-electron chi connectivity index (χ1n) is 5.75. The minimum Gasteiger partial charge on any atom is -0.497 e. The Bertz CT molecular complexity index is 591. The van der Waals surface area contributed by atoms with Crippen LogP contribution >= 0.6 is 0 Å². The molecule has 0 bridgehead atoms. The van der Waals surface area contributed by atoms with Gasteiger partial charge in [0.15, 0.2) is 0 Å². The van der Waals surface area contributed by atoms with Crippen molar-refractivity contribution in [3.8, 4) is 5.75 Å². The topological polar surface area (TPSA) is 46.5 Å². The van der Waals surface area contributed by atoms with Crippen molar-refractivity contribution in [2.45, 2.75) is 6.42 Å². The molecule has 0 aliphatic rings. The van der Waals surface area contributed by atoms with Crippen molar-refractivity contribution in [1.82, 2.24) is 0 Å². The van der Waals surface area contributed by atoms with Gasteiger partial charge in [-0.05, 0) is 35.4 Å². The first kappa shape index (κ1) is 13.1. The van der Waals surface area contributed by atoms with Crippen LogP contribution in [0.1, 0.15) is 21.5 Å². The van der Waals surface area contributed by atoms with Crippen molar-refractivity contribution in [2.75, 3.05) is 7.11 Å². The third-order valence-electron chi connectivity index (χ3n) is 2.85. The molecule has 0 saturated heterocycles. The lowest BCUT2D eigenvalue weighted by atomic mass is 10.0. The Balaban J connectivity index is 2.20. The largest absolute Gasteiger partial charge is 0.497 e. The molecule has 2 aromatic carbocycles.